The minimum Gasteiger partial charge on any atom is -0.481 e. The maximum Gasteiger partial charge on any atom is 0.407 e. The van der Waals surface area contributed by atoms with Crippen molar-refractivity contribution < 1.29 is 24.2 Å². The van der Waals surface area contributed by atoms with Crippen LogP contribution in [0.2, 0.25) is 0 Å². The summed E-state index contributed by atoms with van der Waals surface area (Å²) >= 11 is 0. The number of ether oxygens (including phenoxy) is 2. The highest BCUT2D eigenvalue weighted by atomic mass is 16.5. The summed E-state index contributed by atoms with van der Waals surface area (Å²) in [5.74, 6) is -0.942. The number of nitrogens with zero attached hydrogens (tertiary/aromatic N) is 1. The van der Waals surface area contributed by atoms with Crippen molar-refractivity contribution in [2.75, 3.05) is 13.7 Å². The molecule has 7 nitrogen and oxygen atoms in total. The molecule has 2 N–H and O–H groups in total. The lowest BCUT2D eigenvalue weighted by Gasteiger charge is -2.18. The van der Waals surface area contributed by atoms with Crippen LogP contribution < -0.4 is 10.1 Å². The molecule has 0 fully saturated rings. The predicted molar refractivity (Wildman–Crippen MR) is 114 cm³/mol. The molecule has 1 aliphatic carbocycles. The van der Waals surface area contributed by atoms with Gasteiger partial charge in [0.2, 0.25) is 5.88 Å². The van der Waals surface area contributed by atoms with Crippen molar-refractivity contribution >= 4 is 12.1 Å². The quantitative estimate of drug-likeness (QED) is 0.608. The molecule has 31 heavy (non-hydrogen) atoms. The molecule has 0 saturated carbocycles. The third-order valence-electron chi connectivity index (χ3n) is 5.40. The van der Waals surface area contributed by atoms with Gasteiger partial charge in [0.1, 0.15) is 12.6 Å². The fraction of sp³-hybridized carbons (Fsp3) is 0.208. The van der Waals surface area contributed by atoms with Crippen molar-refractivity contribution in [1.82, 2.24) is 10.3 Å². The highest BCUT2D eigenvalue weighted by Crippen LogP contribution is 2.44. The lowest BCUT2D eigenvalue weighted by molar-refractivity contribution is -0.139. The average molecular weight is 418 g/mol. The molecule has 1 unspecified atom stereocenters. The van der Waals surface area contributed by atoms with Crippen LogP contribution in [0.1, 0.15) is 22.6 Å². The molecule has 1 heterocycles. The van der Waals surface area contributed by atoms with Gasteiger partial charge in [-0.05, 0) is 28.3 Å². The molecule has 1 aromatic heterocycles. The number of hydrogen-bond acceptors (Lipinski definition) is 5. The number of rotatable bonds is 7. The molecule has 0 saturated heterocycles. The van der Waals surface area contributed by atoms with Gasteiger partial charge in [0.25, 0.3) is 0 Å². The Morgan fingerprint density at radius 2 is 1.68 bits per heavy atom. The Morgan fingerprint density at radius 3 is 2.29 bits per heavy atom. The van der Waals surface area contributed by atoms with Gasteiger partial charge in [-0.3, -0.25) is 0 Å². The van der Waals surface area contributed by atoms with Gasteiger partial charge in [0.15, 0.2) is 0 Å². The summed E-state index contributed by atoms with van der Waals surface area (Å²) in [6.45, 7) is 0.114. The molecule has 0 aliphatic heterocycles. The van der Waals surface area contributed by atoms with E-state index in [0.717, 1.165) is 22.3 Å². The lowest BCUT2D eigenvalue weighted by atomic mass is 9.98. The molecule has 4 rings (SSSR count). The largest absolute Gasteiger partial charge is 0.481 e. The smallest absolute Gasteiger partial charge is 0.407 e. The SMILES string of the molecule is COc1ncccc1CC(NC(=O)OCC1c2ccccc2-c2ccccc21)C(=O)O. The first kappa shape index (κ1) is 20.4. The predicted octanol–water partition coefficient (Wildman–Crippen LogP) is 3.62. The Balaban J connectivity index is 1.44. The second-order valence-electron chi connectivity index (χ2n) is 7.24. The van der Waals surface area contributed by atoms with E-state index >= 15 is 0 Å². The van der Waals surface area contributed by atoms with Gasteiger partial charge >= 0.3 is 12.1 Å². The van der Waals surface area contributed by atoms with Crippen molar-refractivity contribution in [3.05, 3.63) is 83.6 Å². The Kier molecular flexibility index (Phi) is 5.84. The van der Waals surface area contributed by atoms with Crippen LogP contribution >= 0.6 is 0 Å². The van der Waals surface area contributed by atoms with E-state index < -0.39 is 18.1 Å². The number of fused-ring (bicyclic) bond motifs is 3. The maximum atomic E-state index is 12.4. The molecular weight excluding hydrogens is 396 g/mol. The molecule has 158 valence electrons. The van der Waals surface area contributed by atoms with E-state index in [-0.39, 0.29) is 18.9 Å². The van der Waals surface area contributed by atoms with Gasteiger partial charge in [-0.25, -0.2) is 14.6 Å². The van der Waals surface area contributed by atoms with Crippen LogP contribution in [-0.4, -0.2) is 41.9 Å². The number of pyridine rings is 1. The highest BCUT2D eigenvalue weighted by molar-refractivity contribution is 5.81. The van der Waals surface area contributed by atoms with E-state index in [9.17, 15) is 14.7 Å². The Bertz CT molecular complexity index is 1070. The van der Waals surface area contributed by atoms with Crippen LogP contribution in [-0.2, 0) is 16.0 Å². The number of carboxylic acid groups (broad SMARTS) is 1. The first-order chi connectivity index (χ1) is 15.1. The number of hydrogen-bond donors (Lipinski definition) is 2. The molecule has 7 heteroatoms. The van der Waals surface area contributed by atoms with Crippen LogP contribution in [0.15, 0.2) is 66.9 Å². The molecule has 1 atom stereocenters. The zero-order valence-electron chi connectivity index (χ0n) is 16.9. The fourth-order valence-electron chi connectivity index (χ4n) is 3.97. The maximum absolute atomic E-state index is 12.4. The van der Waals surface area contributed by atoms with E-state index in [0.29, 0.717) is 11.4 Å². The van der Waals surface area contributed by atoms with Gasteiger partial charge in [-0.1, -0.05) is 54.6 Å². The highest BCUT2D eigenvalue weighted by Gasteiger charge is 2.30. The Labute approximate surface area is 179 Å². The lowest BCUT2D eigenvalue weighted by Crippen LogP contribution is -2.43. The zero-order chi connectivity index (χ0) is 21.8. The number of amides is 1. The molecule has 3 aromatic rings. The standard InChI is InChI=1S/C24H22N2O5/c1-30-22-15(7-6-12-25-22)13-21(23(27)28)26-24(29)31-14-20-18-10-4-2-8-16(18)17-9-3-5-11-19(17)20/h2-12,20-21H,13-14H2,1H3,(H,26,29)(H,27,28). The number of carboxylic acids is 1. The van der Waals surface area contributed by atoms with Gasteiger partial charge in [0.05, 0.1) is 7.11 Å². The summed E-state index contributed by atoms with van der Waals surface area (Å²) in [7, 11) is 1.46. The van der Waals surface area contributed by atoms with Crippen molar-refractivity contribution in [2.45, 2.75) is 18.4 Å². The first-order valence-electron chi connectivity index (χ1n) is 9.90. The van der Waals surface area contributed by atoms with E-state index in [1.54, 1.807) is 18.3 Å². The van der Waals surface area contributed by atoms with Crippen LogP contribution in [0.3, 0.4) is 0 Å². The van der Waals surface area contributed by atoms with Crippen molar-refractivity contribution in [2.24, 2.45) is 0 Å². The normalized spacial score (nSPS) is 13.1. The number of methoxy groups -OCH3 is 1. The van der Waals surface area contributed by atoms with Crippen LogP contribution in [0.4, 0.5) is 4.79 Å². The first-order valence-corrected chi connectivity index (χ1v) is 9.90. The minimum atomic E-state index is -1.17. The second-order valence-corrected chi connectivity index (χ2v) is 7.24. The molecule has 1 aliphatic rings. The topological polar surface area (TPSA) is 97.8 Å². The molecule has 0 spiro atoms. The minimum absolute atomic E-state index is 0.0243. The summed E-state index contributed by atoms with van der Waals surface area (Å²) in [5.41, 5.74) is 5.01. The van der Waals surface area contributed by atoms with Gasteiger partial charge < -0.3 is 19.9 Å². The molecule has 2 aromatic carbocycles. The third-order valence-corrected chi connectivity index (χ3v) is 5.40. The summed E-state index contributed by atoms with van der Waals surface area (Å²) in [6, 6.07) is 18.3. The summed E-state index contributed by atoms with van der Waals surface area (Å²) in [6.07, 6.45) is 0.797. The van der Waals surface area contributed by atoms with Crippen LogP contribution in [0.5, 0.6) is 5.88 Å². The van der Waals surface area contributed by atoms with Crippen molar-refractivity contribution in [3.63, 3.8) is 0 Å². The van der Waals surface area contributed by atoms with Crippen molar-refractivity contribution in [3.8, 4) is 17.0 Å². The number of nitrogens with one attached hydrogen (secondary N) is 1. The molecular formula is C24H22N2O5. The average Bonchev–Trinajstić information content (AvgIpc) is 3.11. The summed E-state index contributed by atoms with van der Waals surface area (Å²) in [4.78, 5) is 28.2. The van der Waals surface area contributed by atoms with E-state index in [4.69, 9.17) is 9.47 Å². The van der Waals surface area contributed by atoms with E-state index in [1.807, 2.05) is 36.4 Å². The van der Waals surface area contributed by atoms with E-state index in [2.05, 4.69) is 22.4 Å². The fourth-order valence-corrected chi connectivity index (χ4v) is 3.97. The number of aliphatic carboxylic acids is 1. The van der Waals surface area contributed by atoms with Gasteiger partial charge in [-0.2, -0.15) is 0 Å². The molecule has 0 radical (unpaired) electrons. The summed E-state index contributed by atoms with van der Waals surface area (Å²) < 4.78 is 10.6. The van der Waals surface area contributed by atoms with Crippen LogP contribution in [0.25, 0.3) is 11.1 Å². The monoisotopic (exact) mass is 418 g/mol. The van der Waals surface area contributed by atoms with Gasteiger partial charge in [-0.15, -0.1) is 0 Å². The van der Waals surface area contributed by atoms with Crippen molar-refractivity contribution in [1.29, 1.82) is 0 Å². The number of carbonyl (C=O) groups is 2. The van der Waals surface area contributed by atoms with E-state index in [1.165, 1.54) is 7.11 Å². The Hall–Kier alpha value is -3.87. The number of alkyl carbamates (subject to hydrolysis) is 1. The number of aromatic nitrogens is 1. The van der Waals surface area contributed by atoms with Crippen LogP contribution in [0, 0.1) is 0 Å². The zero-order valence-corrected chi connectivity index (χ0v) is 16.9. The number of carbonyl (C=O) groups excluding carboxylic acids is 1. The summed E-state index contributed by atoms with van der Waals surface area (Å²) in [5, 5.41) is 12.0. The molecule has 0 bridgehead atoms. The Morgan fingerprint density at radius 1 is 1.03 bits per heavy atom. The molecule has 1 amide bonds. The second kappa shape index (κ2) is 8.87. The van der Waals surface area contributed by atoms with Gasteiger partial charge in [0, 0.05) is 24.1 Å². The number of benzene rings is 2. The third kappa shape index (κ3) is 4.21.